The number of rotatable bonds is 7. The molecule has 29 heavy (non-hydrogen) atoms. The SMILES string of the molecule is CCOc1ccc(-c2ccc(=O)n(CCNC(=O)c3c(F)cccc3Cl)n2)cc1. The van der Waals surface area contributed by atoms with Gasteiger partial charge in [0.2, 0.25) is 0 Å². The van der Waals surface area contributed by atoms with Gasteiger partial charge in [0.15, 0.2) is 0 Å². The molecule has 0 fully saturated rings. The number of hydrogen-bond donors (Lipinski definition) is 1. The third kappa shape index (κ3) is 5.00. The predicted octanol–water partition coefficient (Wildman–Crippen LogP) is 3.53. The van der Waals surface area contributed by atoms with Crippen LogP contribution in [0.5, 0.6) is 5.75 Å². The topological polar surface area (TPSA) is 73.2 Å². The zero-order valence-corrected chi connectivity index (χ0v) is 16.4. The molecule has 0 unspecified atom stereocenters. The van der Waals surface area contributed by atoms with Crippen molar-refractivity contribution in [2.75, 3.05) is 13.2 Å². The molecule has 1 aromatic heterocycles. The van der Waals surface area contributed by atoms with Crippen molar-refractivity contribution in [2.24, 2.45) is 0 Å². The van der Waals surface area contributed by atoms with Crippen molar-refractivity contribution in [3.63, 3.8) is 0 Å². The summed E-state index contributed by atoms with van der Waals surface area (Å²) in [5.74, 6) is -0.606. The molecular formula is C21H19ClFN3O3. The van der Waals surface area contributed by atoms with Gasteiger partial charge in [0.05, 0.1) is 29.4 Å². The van der Waals surface area contributed by atoms with Gasteiger partial charge in [-0.2, -0.15) is 5.10 Å². The van der Waals surface area contributed by atoms with Gasteiger partial charge in [-0.1, -0.05) is 17.7 Å². The van der Waals surface area contributed by atoms with Crippen LogP contribution in [0.15, 0.2) is 59.4 Å². The van der Waals surface area contributed by atoms with E-state index in [-0.39, 0.29) is 29.2 Å². The summed E-state index contributed by atoms with van der Waals surface area (Å²) in [5.41, 5.74) is 0.899. The maximum Gasteiger partial charge on any atom is 0.266 e. The number of carbonyl (C=O) groups excluding carboxylic acids is 1. The number of amides is 1. The van der Waals surface area contributed by atoms with E-state index in [4.69, 9.17) is 16.3 Å². The first-order valence-electron chi connectivity index (χ1n) is 9.03. The number of benzene rings is 2. The number of aromatic nitrogens is 2. The Morgan fingerprint density at radius 2 is 1.93 bits per heavy atom. The quantitative estimate of drug-likeness (QED) is 0.640. The third-order valence-electron chi connectivity index (χ3n) is 4.13. The number of carbonyl (C=O) groups is 1. The van der Waals surface area contributed by atoms with Crippen LogP contribution in [0.25, 0.3) is 11.3 Å². The fourth-order valence-corrected chi connectivity index (χ4v) is 2.98. The first-order chi connectivity index (χ1) is 14.0. The Bertz CT molecular complexity index is 1050. The van der Waals surface area contributed by atoms with Gasteiger partial charge in [0, 0.05) is 18.2 Å². The molecule has 1 amide bonds. The summed E-state index contributed by atoms with van der Waals surface area (Å²) in [7, 11) is 0. The van der Waals surface area contributed by atoms with E-state index in [1.807, 2.05) is 31.2 Å². The van der Waals surface area contributed by atoms with Crippen molar-refractivity contribution in [2.45, 2.75) is 13.5 Å². The second-order valence-corrected chi connectivity index (χ2v) is 6.50. The van der Waals surface area contributed by atoms with Crippen LogP contribution < -0.4 is 15.6 Å². The van der Waals surface area contributed by atoms with Crippen molar-refractivity contribution >= 4 is 17.5 Å². The largest absolute Gasteiger partial charge is 0.494 e. The van der Waals surface area contributed by atoms with Gasteiger partial charge in [-0.25, -0.2) is 9.07 Å². The summed E-state index contributed by atoms with van der Waals surface area (Å²) < 4.78 is 20.5. The van der Waals surface area contributed by atoms with Gasteiger partial charge in [0.1, 0.15) is 11.6 Å². The minimum absolute atomic E-state index is 0.0234. The van der Waals surface area contributed by atoms with Crippen molar-refractivity contribution in [1.29, 1.82) is 0 Å². The molecule has 8 heteroatoms. The van der Waals surface area contributed by atoms with E-state index in [1.54, 1.807) is 6.07 Å². The van der Waals surface area contributed by atoms with Crippen LogP contribution in [-0.2, 0) is 6.54 Å². The maximum atomic E-state index is 13.8. The van der Waals surface area contributed by atoms with Gasteiger partial charge in [-0.15, -0.1) is 0 Å². The Morgan fingerprint density at radius 1 is 1.17 bits per heavy atom. The average molecular weight is 416 g/mol. The molecule has 0 spiro atoms. The van der Waals surface area contributed by atoms with Crippen molar-refractivity contribution in [3.8, 4) is 17.0 Å². The average Bonchev–Trinajstić information content (AvgIpc) is 2.70. The number of halogens is 2. The molecule has 0 aliphatic rings. The lowest BCUT2D eigenvalue weighted by Gasteiger charge is -2.10. The van der Waals surface area contributed by atoms with E-state index in [9.17, 15) is 14.0 Å². The lowest BCUT2D eigenvalue weighted by molar-refractivity contribution is 0.0948. The summed E-state index contributed by atoms with van der Waals surface area (Å²) in [4.78, 5) is 24.3. The summed E-state index contributed by atoms with van der Waals surface area (Å²) in [5, 5.41) is 6.92. The molecule has 150 valence electrons. The smallest absolute Gasteiger partial charge is 0.266 e. The Kier molecular flexibility index (Phi) is 6.61. The molecule has 2 aromatic carbocycles. The van der Waals surface area contributed by atoms with Crippen molar-refractivity contribution in [1.82, 2.24) is 15.1 Å². The second-order valence-electron chi connectivity index (χ2n) is 6.09. The minimum atomic E-state index is -0.706. The normalized spacial score (nSPS) is 10.6. The summed E-state index contributed by atoms with van der Waals surface area (Å²) in [6, 6.07) is 14.4. The molecule has 0 aliphatic carbocycles. The molecule has 3 rings (SSSR count). The molecular weight excluding hydrogens is 397 g/mol. The van der Waals surface area contributed by atoms with Gasteiger partial charge in [-0.05, 0) is 49.4 Å². The molecule has 0 saturated carbocycles. The van der Waals surface area contributed by atoms with E-state index >= 15 is 0 Å². The minimum Gasteiger partial charge on any atom is -0.494 e. The Balaban J connectivity index is 1.69. The zero-order valence-electron chi connectivity index (χ0n) is 15.7. The highest BCUT2D eigenvalue weighted by atomic mass is 35.5. The third-order valence-corrected chi connectivity index (χ3v) is 4.44. The van der Waals surface area contributed by atoms with Crippen LogP contribution in [0.2, 0.25) is 5.02 Å². The van der Waals surface area contributed by atoms with Gasteiger partial charge >= 0.3 is 0 Å². The fourth-order valence-electron chi connectivity index (χ4n) is 2.73. The molecule has 0 bridgehead atoms. The predicted molar refractivity (Wildman–Crippen MR) is 109 cm³/mol. The van der Waals surface area contributed by atoms with E-state index < -0.39 is 11.7 Å². The molecule has 3 aromatic rings. The molecule has 6 nitrogen and oxygen atoms in total. The second kappa shape index (κ2) is 9.34. The molecule has 0 aliphatic heterocycles. The first-order valence-corrected chi connectivity index (χ1v) is 9.41. The molecule has 1 heterocycles. The highest BCUT2D eigenvalue weighted by Gasteiger charge is 2.15. The lowest BCUT2D eigenvalue weighted by Crippen LogP contribution is -2.32. The Labute approximate surface area is 171 Å². The fraction of sp³-hybridized carbons (Fsp3) is 0.190. The van der Waals surface area contributed by atoms with Crippen LogP contribution in [-0.4, -0.2) is 28.8 Å². The van der Waals surface area contributed by atoms with Crippen LogP contribution in [0.1, 0.15) is 17.3 Å². The molecule has 1 N–H and O–H groups in total. The van der Waals surface area contributed by atoms with Crippen LogP contribution >= 0.6 is 11.6 Å². The number of nitrogens with one attached hydrogen (secondary N) is 1. The first kappa shape index (κ1) is 20.5. The molecule has 0 atom stereocenters. The van der Waals surface area contributed by atoms with Crippen LogP contribution in [0.3, 0.4) is 0 Å². The Morgan fingerprint density at radius 3 is 2.62 bits per heavy atom. The van der Waals surface area contributed by atoms with E-state index in [1.165, 1.54) is 22.9 Å². The van der Waals surface area contributed by atoms with E-state index in [2.05, 4.69) is 10.4 Å². The summed E-state index contributed by atoms with van der Waals surface area (Å²) >= 11 is 5.89. The summed E-state index contributed by atoms with van der Waals surface area (Å²) in [6.07, 6.45) is 0. The summed E-state index contributed by atoms with van der Waals surface area (Å²) in [6.45, 7) is 2.70. The lowest BCUT2D eigenvalue weighted by atomic mass is 10.1. The maximum absolute atomic E-state index is 13.8. The van der Waals surface area contributed by atoms with Gasteiger partial charge < -0.3 is 10.1 Å². The molecule has 0 radical (unpaired) electrons. The van der Waals surface area contributed by atoms with E-state index in [0.717, 1.165) is 17.4 Å². The van der Waals surface area contributed by atoms with Crippen LogP contribution in [0, 0.1) is 5.82 Å². The number of ether oxygens (including phenoxy) is 1. The number of nitrogens with zero attached hydrogens (tertiary/aromatic N) is 2. The Hall–Kier alpha value is -3.19. The highest BCUT2D eigenvalue weighted by Crippen LogP contribution is 2.20. The molecule has 0 saturated heterocycles. The number of hydrogen-bond acceptors (Lipinski definition) is 4. The monoisotopic (exact) mass is 415 g/mol. The standard InChI is InChI=1S/C21H19ClFN3O3/c1-2-29-15-8-6-14(7-9-15)18-10-11-19(27)26(25-18)13-12-24-21(28)20-16(22)4-3-5-17(20)23/h3-11H,2,12-13H2,1H3,(H,24,28). The van der Waals surface area contributed by atoms with Gasteiger partial charge in [-0.3, -0.25) is 9.59 Å². The van der Waals surface area contributed by atoms with Gasteiger partial charge in [0.25, 0.3) is 11.5 Å². The van der Waals surface area contributed by atoms with Crippen LogP contribution in [0.4, 0.5) is 4.39 Å². The van der Waals surface area contributed by atoms with E-state index in [0.29, 0.717) is 12.3 Å². The van der Waals surface area contributed by atoms with Crippen molar-refractivity contribution in [3.05, 3.63) is 81.4 Å². The highest BCUT2D eigenvalue weighted by molar-refractivity contribution is 6.33. The van der Waals surface area contributed by atoms with Crippen molar-refractivity contribution < 1.29 is 13.9 Å². The zero-order chi connectivity index (χ0) is 20.8.